The summed E-state index contributed by atoms with van der Waals surface area (Å²) in [5.41, 5.74) is 1.75. The molecule has 7 nitrogen and oxygen atoms in total. The second-order valence-corrected chi connectivity index (χ2v) is 7.24. The number of carbonyl (C=O) groups is 2. The zero-order chi connectivity index (χ0) is 23.8. The molecule has 33 heavy (non-hydrogen) atoms. The molecule has 0 aliphatic heterocycles. The summed E-state index contributed by atoms with van der Waals surface area (Å²) < 4.78 is 11.3. The van der Waals surface area contributed by atoms with Crippen molar-refractivity contribution in [1.29, 1.82) is 5.26 Å². The van der Waals surface area contributed by atoms with Crippen LogP contribution >= 0.6 is 11.6 Å². The van der Waals surface area contributed by atoms with Crippen molar-refractivity contribution in [3.05, 3.63) is 94.0 Å². The number of carbonyl (C=O) groups excluding carboxylic acids is 1. The highest BCUT2D eigenvalue weighted by molar-refractivity contribution is 6.30. The molecular formula is C25H19ClN2O5. The number of nitrogens with zero attached hydrogens (tertiary/aromatic N) is 1. The Morgan fingerprint density at radius 1 is 1.09 bits per heavy atom. The lowest BCUT2D eigenvalue weighted by Gasteiger charge is -2.14. The van der Waals surface area contributed by atoms with Crippen molar-refractivity contribution in [2.24, 2.45) is 0 Å². The average molecular weight is 463 g/mol. The Morgan fingerprint density at radius 3 is 2.39 bits per heavy atom. The molecule has 0 unspecified atom stereocenters. The first-order valence-electron chi connectivity index (χ1n) is 9.72. The van der Waals surface area contributed by atoms with Crippen molar-refractivity contribution in [3.63, 3.8) is 0 Å². The van der Waals surface area contributed by atoms with Crippen molar-refractivity contribution in [2.45, 2.75) is 6.61 Å². The van der Waals surface area contributed by atoms with Gasteiger partial charge < -0.3 is 19.9 Å². The third-order valence-corrected chi connectivity index (χ3v) is 4.83. The first kappa shape index (κ1) is 23.4. The van der Waals surface area contributed by atoms with Crippen LogP contribution < -0.4 is 14.8 Å². The van der Waals surface area contributed by atoms with E-state index in [0.717, 1.165) is 5.56 Å². The number of benzene rings is 3. The zero-order valence-corrected chi connectivity index (χ0v) is 18.3. The Kier molecular flexibility index (Phi) is 7.68. The summed E-state index contributed by atoms with van der Waals surface area (Å²) in [6.07, 6.45) is 1.41. The lowest BCUT2D eigenvalue weighted by Crippen LogP contribution is -2.13. The number of aromatic carboxylic acids is 1. The molecule has 0 bridgehead atoms. The molecule has 3 aromatic carbocycles. The molecule has 3 rings (SSSR count). The molecule has 0 aromatic heterocycles. The van der Waals surface area contributed by atoms with Crippen LogP contribution in [0.2, 0.25) is 5.02 Å². The summed E-state index contributed by atoms with van der Waals surface area (Å²) in [5.74, 6) is -0.839. The lowest BCUT2D eigenvalue weighted by molar-refractivity contribution is -0.112. The maximum atomic E-state index is 12.6. The topological polar surface area (TPSA) is 109 Å². The molecular weight excluding hydrogens is 444 g/mol. The van der Waals surface area contributed by atoms with E-state index in [2.05, 4.69) is 5.32 Å². The number of hydrogen-bond donors (Lipinski definition) is 2. The van der Waals surface area contributed by atoms with Crippen molar-refractivity contribution in [2.75, 3.05) is 12.4 Å². The normalized spacial score (nSPS) is 10.8. The fourth-order valence-corrected chi connectivity index (χ4v) is 3.02. The molecule has 0 spiro atoms. The Labute approximate surface area is 195 Å². The highest BCUT2D eigenvalue weighted by Gasteiger charge is 2.15. The number of carboxylic acid groups (broad SMARTS) is 1. The summed E-state index contributed by atoms with van der Waals surface area (Å²) in [6, 6.07) is 19.8. The summed E-state index contributed by atoms with van der Waals surface area (Å²) in [6.45, 7) is 0.125. The van der Waals surface area contributed by atoms with Gasteiger partial charge in [-0.15, -0.1) is 0 Å². The number of anilines is 1. The summed E-state index contributed by atoms with van der Waals surface area (Å²) in [7, 11) is 1.48. The molecule has 0 saturated heterocycles. The SMILES string of the molecule is COc1cccc(/C=C(/C#N)C(=O)Nc2ccc(Cl)cc2)c1OCc1ccc(C(=O)O)cc1. The lowest BCUT2D eigenvalue weighted by atomic mass is 10.1. The number of rotatable bonds is 8. The van der Waals surface area contributed by atoms with Gasteiger partial charge in [-0.25, -0.2) is 4.79 Å². The standard InChI is InChI=1S/C25H19ClN2O5/c1-32-22-4-2-3-18(23(22)33-15-16-5-7-17(8-6-16)25(30)31)13-19(14-27)24(29)28-21-11-9-20(26)10-12-21/h2-13H,15H2,1H3,(H,28,29)(H,30,31)/b19-13-. The van der Waals surface area contributed by atoms with Crippen LogP contribution in [-0.2, 0) is 11.4 Å². The number of hydrogen-bond acceptors (Lipinski definition) is 5. The van der Waals surface area contributed by atoms with Gasteiger partial charge in [0.1, 0.15) is 18.2 Å². The summed E-state index contributed by atoms with van der Waals surface area (Å²) in [5, 5.41) is 21.8. The molecule has 8 heteroatoms. The predicted octanol–water partition coefficient (Wildman–Crippen LogP) is 5.17. The number of nitriles is 1. The molecule has 2 N–H and O–H groups in total. The minimum Gasteiger partial charge on any atom is -0.493 e. The van der Waals surface area contributed by atoms with Crippen molar-refractivity contribution in [3.8, 4) is 17.6 Å². The highest BCUT2D eigenvalue weighted by Crippen LogP contribution is 2.33. The quantitative estimate of drug-likeness (QED) is 0.353. The van der Waals surface area contributed by atoms with E-state index in [1.54, 1.807) is 54.6 Å². The van der Waals surface area contributed by atoms with E-state index in [1.165, 1.54) is 25.3 Å². The van der Waals surface area contributed by atoms with Crippen LogP contribution in [0.4, 0.5) is 5.69 Å². The molecule has 3 aromatic rings. The monoisotopic (exact) mass is 462 g/mol. The van der Waals surface area contributed by atoms with E-state index in [-0.39, 0.29) is 17.7 Å². The van der Waals surface area contributed by atoms with Gasteiger partial charge in [-0.1, -0.05) is 35.9 Å². The minimum absolute atomic E-state index is 0.125. The molecule has 0 atom stereocenters. The van der Waals surface area contributed by atoms with Crippen LogP contribution in [0.15, 0.2) is 72.3 Å². The van der Waals surface area contributed by atoms with Gasteiger partial charge >= 0.3 is 5.97 Å². The van der Waals surface area contributed by atoms with Gasteiger partial charge in [-0.05, 0) is 54.1 Å². The second-order valence-electron chi connectivity index (χ2n) is 6.80. The fraction of sp³-hybridized carbons (Fsp3) is 0.0800. The van der Waals surface area contributed by atoms with Gasteiger partial charge in [0.2, 0.25) is 0 Å². The number of ether oxygens (including phenoxy) is 2. The second kappa shape index (κ2) is 10.8. The minimum atomic E-state index is -1.01. The van der Waals surface area contributed by atoms with Crippen LogP contribution in [0.25, 0.3) is 6.08 Å². The van der Waals surface area contributed by atoms with E-state index >= 15 is 0 Å². The van der Waals surface area contributed by atoms with Gasteiger partial charge in [0.15, 0.2) is 11.5 Å². The maximum absolute atomic E-state index is 12.6. The van der Waals surface area contributed by atoms with Gasteiger partial charge in [-0.3, -0.25) is 4.79 Å². The number of methoxy groups -OCH3 is 1. The van der Waals surface area contributed by atoms with Crippen LogP contribution in [0.5, 0.6) is 11.5 Å². The number of para-hydroxylation sites is 1. The van der Waals surface area contributed by atoms with Gasteiger partial charge in [0.05, 0.1) is 12.7 Å². The number of nitrogens with one attached hydrogen (secondary N) is 1. The van der Waals surface area contributed by atoms with Gasteiger partial charge in [-0.2, -0.15) is 5.26 Å². The van der Waals surface area contributed by atoms with E-state index < -0.39 is 11.9 Å². The summed E-state index contributed by atoms with van der Waals surface area (Å²) in [4.78, 5) is 23.6. The molecule has 0 radical (unpaired) electrons. The molecule has 1 amide bonds. The highest BCUT2D eigenvalue weighted by atomic mass is 35.5. The Bertz CT molecular complexity index is 1230. The van der Waals surface area contributed by atoms with Crippen molar-refractivity contribution >= 4 is 35.2 Å². The fourth-order valence-electron chi connectivity index (χ4n) is 2.90. The molecule has 0 aliphatic carbocycles. The largest absolute Gasteiger partial charge is 0.493 e. The Balaban J connectivity index is 1.84. The third kappa shape index (κ3) is 6.12. The molecule has 0 fully saturated rings. The molecule has 0 aliphatic rings. The maximum Gasteiger partial charge on any atom is 0.335 e. The number of amides is 1. The van der Waals surface area contributed by atoms with E-state index in [1.807, 2.05) is 6.07 Å². The summed E-state index contributed by atoms with van der Waals surface area (Å²) >= 11 is 5.86. The molecule has 166 valence electrons. The van der Waals surface area contributed by atoms with Crippen molar-refractivity contribution < 1.29 is 24.2 Å². The zero-order valence-electron chi connectivity index (χ0n) is 17.5. The van der Waals surface area contributed by atoms with Crippen LogP contribution in [0.1, 0.15) is 21.5 Å². The van der Waals surface area contributed by atoms with Gasteiger partial charge in [0.25, 0.3) is 5.91 Å². The van der Waals surface area contributed by atoms with Crippen LogP contribution in [0, 0.1) is 11.3 Å². The first-order chi connectivity index (χ1) is 15.9. The Morgan fingerprint density at radius 2 is 1.79 bits per heavy atom. The van der Waals surface area contributed by atoms with Crippen molar-refractivity contribution in [1.82, 2.24) is 0 Å². The predicted molar refractivity (Wildman–Crippen MR) is 124 cm³/mol. The Hall–Kier alpha value is -4.28. The third-order valence-electron chi connectivity index (χ3n) is 4.58. The average Bonchev–Trinajstić information content (AvgIpc) is 2.82. The van der Waals surface area contributed by atoms with E-state index in [9.17, 15) is 14.9 Å². The molecule has 0 heterocycles. The van der Waals surface area contributed by atoms with E-state index in [0.29, 0.717) is 27.8 Å². The van der Waals surface area contributed by atoms with E-state index in [4.69, 9.17) is 26.2 Å². The smallest absolute Gasteiger partial charge is 0.335 e. The van der Waals surface area contributed by atoms with Gasteiger partial charge in [0, 0.05) is 16.3 Å². The number of halogens is 1. The first-order valence-corrected chi connectivity index (χ1v) is 10.1. The van der Waals surface area contributed by atoms with Crippen LogP contribution in [0.3, 0.4) is 0 Å². The van der Waals surface area contributed by atoms with Crippen LogP contribution in [-0.4, -0.2) is 24.1 Å². The molecule has 0 saturated carbocycles. The number of carboxylic acids is 1.